The molecule has 0 aromatic rings. The molecule has 120 valence electrons. The Balaban J connectivity index is 3.48. The van der Waals surface area contributed by atoms with Crippen molar-refractivity contribution >= 4 is 21.7 Å². The Bertz CT molecular complexity index is 235. The molecular formula is C16H34AsNO2. The number of hydrogen-bond donors (Lipinski definition) is 0. The van der Waals surface area contributed by atoms with E-state index in [0.717, 1.165) is 11.6 Å². The van der Waals surface area contributed by atoms with Crippen molar-refractivity contribution in [1.82, 2.24) is 4.90 Å². The van der Waals surface area contributed by atoms with E-state index in [9.17, 15) is 4.79 Å². The average Bonchev–Trinajstić information content (AvgIpc) is 2.42. The minimum atomic E-state index is 0.0244. The van der Waals surface area contributed by atoms with E-state index in [2.05, 4.69) is 32.8 Å². The van der Waals surface area contributed by atoms with Crippen LogP contribution in [0.25, 0.3) is 0 Å². The van der Waals surface area contributed by atoms with Crippen LogP contribution >= 0.6 is 0 Å². The zero-order chi connectivity index (χ0) is 15.2. The van der Waals surface area contributed by atoms with Gasteiger partial charge in [-0.2, -0.15) is 0 Å². The van der Waals surface area contributed by atoms with Gasteiger partial charge in [-0.3, -0.25) is 0 Å². The second-order valence-corrected chi connectivity index (χ2v) is 8.90. The van der Waals surface area contributed by atoms with Gasteiger partial charge in [-0.1, -0.05) is 0 Å². The van der Waals surface area contributed by atoms with Gasteiger partial charge in [0.25, 0.3) is 0 Å². The van der Waals surface area contributed by atoms with Crippen LogP contribution < -0.4 is 0 Å². The number of hydrogen-bond acceptors (Lipinski definition) is 3. The summed E-state index contributed by atoms with van der Waals surface area (Å²) < 4.78 is 5.41. The fourth-order valence-electron chi connectivity index (χ4n) is 2.02. The van der Waals surface area contributed by atoms with Crippen LogP contribution in [0.1, 0.15) is 52.4 Å². The van der Waals surface area contributed by atoms with E-state index >= 15 is 0 Å². The molecule has 0 aliphatic carbocycles. The number of carbonyl (C=O) groups excluding carboxylic acids is 1. The topological polar surface area (TPSA) is 29.5 Å². The number of ether oxygens (including phenoxy) is 1. The van der Waals surface area contributed by atoms with E-state index in [1.54, 1.807) is 0 Å². The standard InChI is InChI=1S/C16H34AsNO2/c1-5-7-9-15(6-2)14-20-16(19)10-12-17-11-8-13-18(3)4/h15,17H,5-14H2,1-4H3. The molecular weight excluding hydrogens is 313 g/mol. The van der Waals surface area contributed by atoms with Crippen LogP contribution in [-0.4, -0.2) is 53.9 Å². The van der Waals surface area contributed by atoms with Crippen molar-refractivity contribution in [1.29, 1.82) is 0 Å². The van der Waals surface area contributed by atoms with E-state index in [1.807, 2.05) is 0 Å². The predicted molar refractivity (Wildman–Crippen MR) is 88.8 cm³/mol. The van der Waals surface area contributed by atoms with Crippen molar-refractivity contribution < 1.29 is 9.53 Å². The van der Waals surface area contributed by atoms with Crippen LogP contribution in [0.4, 0.5) is 0 Å². The molecule has 2 atom stereocenters. The fraction of sp³-hybridized carbons (Fsp3) is 0.938. The molecule has 0 saturated heterocycles. The molecule has 0 radical (unpaired) electrons. The number of unbranched alkanes of at least 4 members (excludes halogenated alkanes) is 1. The van der Waals surface area contributed by atoms with Crippen molar-refractivity contribution in [3.8, 4) is 0 Å². The fourth-order valence-corrected chi connectivity index (χ4v) is 4.20. The third-order valence-corrected chi connectivity index (χ3v) is 6.24. The van der Waals surface area contributed by atoms with Gasteiger partial charge in [0.1, 0.15) is 0 Å². The Morgan fingerprint density at radius 2 is 1.95 bits per heavy atom. The predicted octanol–water partition coefficient (Wildman–Crippen LogP) is 3.36. The van der Waals surface area contributed by atoms with E-state index < -0.39 is 0 Å². The Morgan fingerprint density at radius 1 is 1.20 bits per heavy atom. The maximum absolute atomic E-state index is 11.7. The normalized spacial score (nSPS) is 13.2. The van der Waals surface area contributed by atoms with Crippen molar-refractivity contribution in [3.05, 3.63) is 0 Å². The Morgan fingerprint density at radius 3 is 2.55 bits per heavy atom. The summed E-state index contributed by atoms with van der Waals surface area (Å²) in [5, 5.41) is 2.43. The molecule has 0 rings (SSSR count). The summed E-state index contributed by atoms with van der Waals surface area (Å²) in [7, 11) is 4.22. The van der Waals surface area contributed by atoms with Crippen LogP contribution in [0.2, 0.25) is 10.4 Å². The Labute approximate surface area is 132 Å². The van der Waals surface area contributed by atoms with Crippen molar-refractivity contribution in [2.24, 2.45) is 5.92 Å². The van der Waals surface area contributed by atoms with Gasteiger partial charge in [0.2, 0.25) is 0 Å². The summed E-state index contributed by atoms with van der Waals surface area (Å²) in [4.78, 5) is 13.9. The summed E-state index contributed by atoms with van der Waals surface area (Å²) >= 11 is 0.0623. The first-order valence-electron chi connectivity index (χ1n) is 8.11. The average molecular weight is 347 g/mol. The third-order valence-electron chi connectivity index (χ3n) is 3.49. The summed E-state index contributed by atoms with van der Waals surface area (Å²) in [5.41, 5.74) is 0. The first-order valence-corrected chi connectivity index (χ1v) is 11.1. The zero-order valence-electron chi connectivity index (χ0n) is 13.9. The number of carbonyl (C=O) groups is 1. The quantitative estimate of drug-likeness (QED) is 0.291. The molecule has 20 heavy (non-hydrogen) atoms. The molecule has 0 heterocycles. The van der Waals surface area contributed by atoms with Crippen LogP contribution in [0.3, 0.4) is 0 Å². The summed E-state index contributed by atoms with van der Waals surface area (Å²) in [6.45, 7) is 6.20. The molecule has 0 N–H and O–H groups in total. The van der Waals surface area contributed by atoms with Crippen molar-refractivity contribution in [2.45, 2.75) is 62.8 Å². The SMILES string of the molecule is CCCCC(CC)COC(=O)CC[AsH]CCCN(C)C. The summed E-state index contributed by atoms with van der Waals surface area (Å²) in [6.07, 6.45) is 6.70. The molecule has 3 nitrogen and oxygen atoms in total. The van der Waals surface area contributed by atoms with E-state index in [1.165, 1.54) is 37.4 Å². The maximum atomic E-state index is 11.7. The number of esters is 1. The van der Waals surface area contributed by atoms with Crippen LogP contribution in [0, 0.1) is 5.92 Å². The minimum absolute atomic E-state index is 0.0244. The van der Waals surface area contributed by atoms with Gasteiger partial charge in [-0.15, -0.1) is 0 Å². The second-order valence-electron chi connectivity index (χ2n) is 5.76. The molecule has 2 unspecified atom stereocenters. The third kappa shape index (κ3) is 13.0. The molecule has 0 aromatic heterocycles. The van der Waals surface area contributed by atoms with Crippen LogP contribution in [-0.2, 0) is 9.53 Å². The second kappa shape index (κ2) is 13.9. The van der Waals surface area contributed by atoms with Gasteiger partial charge < -0.3 is 0 Å². The van der Waals surface area contributed by atoms with Crippen LogP contribution in [0.5, 0.6) is 0 Å². The van der Waals surface area contributed by atoms with Crippen molar-refractivity contribution in [3.63, 3.8) is 0 Å². The Hall–Kier alpha value is -0.0116. The number of nitrogens with zero attached hydrogens (tertiary/aromatic N) is 1. The number of rotatable bonds is 13. The molecule has 4 heteroatoms. The molecule has 0 aliphatic heterocycles. The van der Waals surface area contributed by atoms with E-state index in [-0.39, 0.29) is 21.7 Å². The summed E-state index contributed by atoms with van der Waals surface area (Å²) in [6, 6.07) is 0. The van der Waals surface area contributed by atoms with Gasteiger partial charge in [0, 0.05) is 0 Å². The first kappa shape index (κ1) is 20.0. The van der Waals surface area contributed by atoms with Gasteiger partial charge in [-0.05, 0) is 0 Å². The van der Waals surface area contributed by atoms with E-state index in [0.29, 0.717) is 18.9 Å². The molecule has 0 aliphatic rings. The van der Waals surface area contributed by atoms with Gasteiger partial charge in [0.05, 0.1) is 0 Å². The molecule has 0 amide bonds. The summed E-state index contributed by atoms with van der Waals surface area (Å²) in [5.74, 6) is 0.589. The molecule has 0 bridgehead atoms. The Kier molecular flexibility index (Phi) is 13.9. The van der Waals surface area contributed by atoms with Gasteiger partial charge in [-0.25, -0.2) is 0 Å². The molecule has 0 saturated carbocycles. The van der Waals surface area contributed by atoms with Gasteiger partial charge in [0.15, 0.2) is 0 Å². The molecule has 0 spiro atoms. The molecule has 0 fully saturated rings. The van der Waals surface area contributed by atoms with Crippen molar-refractivity contribution in [2.75, 3.05) is 27.2 Å². The first-order chi connectivity index (χ1) is 9.60. The monoisotopic (exact) mass is 347 g/mol. The van der Waals surface area contributed by atoms with E-state index in [4.69, 9.17) is 4.74 Å². The van der Waals surface area contributed by atoms with Crippen LogP contribution in [0.15, 0.2) is 0 Å². The van der Waals surface area contributed by atoms with Gasteiger partial charge >= 0.3 is 132 Å². The zero-order valence-corrected chi connectivity index (χ0v) is 16.0. The molecule has 0 aromatic carbocycles.